The van der Waals surface area contributed by atoms with Crippen molar-refractivity contribution in [3.05, 3.63) is 59.2 Å². The molecular formula is C23H29NO4. The van der Waals surface area contributed by atoms with Gasteiger partial charge in [0.2, 0.25) is 5.91 Å². The molecule has 0 aliphatic rings. The highest BCUT2D eigenvalue weighted by atomic mass is 16.5. The van der Waals surface area contributed by atoms with Gasteiger partial charge in [0.15, 0.2) is 0 Å². The van der Waals surface area contributed by atoms with Crippen molar-refractivity contribution in [1.29, 1.82) is 0 Å². The average Bonchev–Trinajstić information content (AvgIpc) is 2.68. The summed E-state index contributed by atoms with van der Waals surface area (Å²) in [6.07, 6.45) is 1.58. The largest absolute Gasteiger partial charge is 0.497 e. The molecule has 2 rings (SSSR count). The fourth-order valence-electron chi connectivity index (χ4n) is 3.02. The van der Waals surface area contributed by atoms with Crippen LogP contribution in [-0.2, 0) is 4.79 Å². The number of carbonyl (C=O) groups excluding carboxylic acids is 1. The Morgan fingerprint density at radius 3 is 2.50 bits per heavy atom. The van der Waals surface area contributed by atoms with Gasteiger partial charge in [-0.2, -0.15) is 0 Å². The number of nitrogens with one attached hydrogen (secondary N) is 1. The molecule has 0 bridgehead atoms. The monoisotopic (exact) mass is 383 g/mol. The SMILES string of the molecule is CCOc1ccc(C)cc1C(C)NC(=O)/C=C(\C)c1ccc(OC)cc1OC. The molecule has 5 nitrogen and oxygen atoms in total. The summed E-state index contributed by atoms with van der Waals surface area (Å²) in [5.74, 6) is 1.98. The molecule has 1 N–H and O–H groups in total. The molecule has 2 aromatic carbocycles. The number of benzene rings is 2. The fourth-order valence-corrected chi connectivity index (χ4v) is 3.02. The Hall–Kier alpha value is -2.95. The van der Waals surface area contributed by atoms with Gasteiger partial charge in [0.05, 0.1) is 26.9 Å². The normalized spacial score (nSPS) is 12.3. The second-order valence-corrected chi connectivity index (χ2v) is 6.60. The Morgan fingerprint density at radius 2 is 1.86 bits per heavy atom. The molecule has 0 fully saturated rings. The number of allylic oxidation sites excluding steroid dienone is 1. The van der Waals surface area contributed by atoms with Crippen LogP contribution in [0.1, 0.15) is 43.5 Å². The summed E-state index contributed by atoms with van der Waals surface area (Å²) in [4.78, 5) is 12.6. The zero-order chi connectivity index (χ0) is 20.7. The van der Waals surface area contributed by atoms with Crippen LogP contribution in [0.15, 0.2) is 42.5 Å². The molecule has 1 atom stereocenters. The molecule has 0 radical (unpaired) electrons. The first-order valence-corrected chi connectivity index (χ1v) is 9.34. The molecule has 5 heteroatoms. The maximum Gasteiger partial charge on any atom is 0.244 e. The molecule has 0 spiro atoms. The van der Waals surface area contributed by atoms with Gasteiger partial charge >= 0.3 is 0 Å². The van der Waals surface area contributed by atoms with Gasteiger partial charge in [0.25, 0.3) is 0 Å². The summed E-state index contributed by atoms with van der Waals surface area (Å²) in [5.41, 5.74) is 3.73. The van der Waals surface area contributed by atoms with Crippen LogP contribution in [0.5, 0.6) is 17.2 Å². The van der Waals surface area contributed by atoms with Crippen molar-refractivity contribution in [2.24, 2.45) is 0 Å². The van der Waals surface area contributed by atoms with Crippen LogP contribution >= 0.6 is 0 Å². The van der Waals surface area contributed by atoms with E-state index in [2.05, 4.69) is 5.32 Å². The second-order valence-electron chi connectivity index (χ2n) is 6.60. The number of methoxy groups -OCH3 is 2. The molecule has 28 heavy (non-hydrogen) atoms. The number of hydrogen-bond donors (Lipinski definition) is 1. The maximum atomic E-state index is 12.6. The van der Waals surface area contributed by atoms with Crippen molar-refractivity contribution in [1.82, 2.24) is 5.32 Å². The van der Waals surface area contributed by atoms with Crippen LogP contribution in [0.3, 0.4) is 0 Å². The zero-order valence-corrected chi connectivity index (χ0v) is 17.5. The predicted octanol–water partition coefficient (Wildman–Crippen LogP) is 4.69. The summed E-state index contributed by atoms with van der Waals surface area (Å²) in [5, 5.41) is 3.02. The average molecular weight is 383 g/mol. The van der Waals surface area contributed by atoms with Gasteiger partial charge < -0.3 is 19.5 Å². The molecule has 1 amide bonds. The minimum Gasteiger partial charge on any atom is -0.497 e. The third kappa shape index (κ3) is 5.28. The number of rotatable bonds is 8. The predicted molar refractivity (Wildman–Crippen MR) is 112 cm³/mol. The number of ether oxygens (including phenoxy) is 3. The highest BCUT2D eigenvalue weighted by Crippen LogP contribution is 2.30. The van der Waals surface area contributed by atoms with E-state index in [1.54, 1.807) is 26.4 Å². The highest BCUT2D eigenvalue weighted by Gasteiger charge is 2.15. The number of amides is 1. The Bertz CT molecular complexity index is 858. The van der Waals surface area contributed by atoms with Gasteiger partial charge in [-0.3, -0.25) is 4.79 Å². The second kappa shape index (κ2) is 9.83. The lowest BCUT2D eigenvalue weighted by Crippen LogP contribution is -2.25. The molecule has 0 saturated heterocycles. The van der Waals surface area contributed by atoms with Crippen LogP contribution in [0.2, 0.25) is 0 Å². The number of carbonyl (C=O) groups is 1. The Labute approximate surface area is 167 Å². The molecule has 0 aliphatic carbocycles. The molecule has 0 aliphatic heterocycles. The summed E-state index contributed by atoms with van der Waals surface area (Å²) in [7, 11) is 3.20. The quantitative estimate of drug-likeness (QED) is 0.672. The summed E-state index contributed by atoms with van der Waals surface area (Å²) >= 11 is 0. The van der Waals surface area contributed by atoms with Gasteiger partial charge in [0.1, 0.15) is 17.2 Å². The van der Waals surface area contributed by atoms with Crippen molar-refractivity contribution < 1.29 is 19.0 Å². The Morgan fingerprint density at radius 1 is 1.11 bits per heavy atom. The van der Waals surface area contributed by atoms with Gasteiger partial charge in [0, 0.05) is 23.3 Å². The lowest BCUT2D eigenvalue weighted by molar-refractivity contribution is -0.117. The lowest BCUT2D eigenvalue weighted by atomic mass is 10.0. The van der Waals surface area contributed by atoms with Gasteiger partial charge in [-0.05, 0) is 51.5 Å². The van der Waals surface area contributed by atoms with Crippen LogP contribution < -0.4 is 19.5 Å². The Kier molecular flexibility index (Phi) is 7.50. The van der Waals surface area contributed by atoms with E-state index in [0.29, 0.717) is 18.1 Å². The number of hydrogen-bond acceptors (Lipinski definition) is 4. The van der Waals surface area contributed by atoms with Gasteiger partial charge in [-0.15, -0.1) is 0 Å². The van der Waals surface area contributed by atoms with Crippen molar-refractivity contribution in [3.8, 4) is 17.2 Å². The summed E-state index contributed by atoms with van der Waals surface area (Å²) in [6.45, 7) is 8.38. The van der Waals surface area contributed by atoms with Crippen molar-refractivity contribution in [2.75, 3.05) is 20.8 Å². The minimum absolute atomic E-state index is 0.174. The molecule has 1 unspecified atom stereocenters. The van der Waals surface area contributed by atoms with E-state index in [1.807, 2.05) is 58.0 Å². The summed E-state index contributed by atoms with van der Waals surface area (Å²) < 4.78 is 16.4. The zero-order valence-electron chi connectivity index (χ0n) is 17.5. The first kappa shape index (κ1) is 21.4. The third-order valence-corrected chi connectivity index (χ3v) is 4.47. The maximum absolute atomic E-state index is 12.6. The van der Waals surface area contributed by atoms with Crippen molar-refractivity contribution in [2.45, 2.75) is 33.7 Å². The van der Waals surface area contributed by atoms with Crippen LogP contribution in [-0.4, -0.2) is 26.7 Å². The van der Waals surface area contributed by atoms with E-state index in [4.69, 9.17) is 14.2 Å². The van der Waals surface area contributed by atoms with E-state index in [1.165, 1.54) is 0 Å². The standard InChI is InChI=1S/C23H29NO4/c1-7-28-21-11-8-15(2)12-20(21)17(4)24-23(25)13-16(3)19-10-9-18(26-5)14-22(19)27-6/h8-14,17H,7H2,1-6H3,(H,24,25)/b16-13+. The van der Waals surface area contributed by atoms with Crippen molar-refractivity contribution >= 4 is 11.5 Å². The number of aryl methyl sites for hydroxylation is 1. The lowest BCUT2D eigenvalue weighted by Gasteiger charge is -2.18. The van der Waals surface area contributed by atoms with E-state index < -0.39 is 0 Å². The van der Waals surface area contributed by atoms with Crippen LogP contribution in [0.25, 0.3) is 5.57 Å². The fraction of sp³-hybridized carbons (Fsp3) is 0.348. The minimum atomic E-state index is -0.184. The topological polar surface area (TPSA) is 56.8 Å². The smallest absolute Gasteiger partial charge is 0.244 e. The molecule has 0 aromatic heterocycles. The van der Waals surface area contributed by atoms with Gasteiger partial charge in [-0.25, -0.2) is 0 Å². The van der Waals surface area contributed by atoms with E-state index in [-0.39, 0.29) is 11.9 Å². The van der Waals surface area contributed by atoms with Crippen LogP contribution in [0, 0.1) is 6.92 Å². The van der Waals surface area contributed by atoms with Crippen LogP contribution in [0.4, 0.5) is 0 Å². The molecule has 0 saturated carbocycles. The van der Waals surface area contributed by atoms with E-state index in [0.717, 1.165) is 28.0 Å². The van der Waals surface area contributed by atoms with Gasteiger partial charge in [-0.1, -0.05) is 17.7 Å². The summed E-state index contributed by atoms with van der Waals surface area (Å²) in [6, 6.07) is 11.3. The van der Waals surface area contributed by atoms with E-state index in [9.17, 15) is 4.79 Å². The van der Waals surface area contributed by atoms with Crippen molar-refractivity contribution in [3.63, 3.8) is 0 Å². The first-order valence-electron chi connectivity index (χ1n) is 9.34. The first-order chi connectivity index (χ1) is 13.4. The highest BCUT2D eigenvalue weighted by molar-refractivity contribution is 5.95. The molecule has 0 heterocycles. The molecular weight excluding hydrogens is 354 g/mol. The third-order valence-electron chi connectivity index (χ3n) is 4.47. The Balaban J connectivity index is 2.20. The molecule has 2 aromatic rings. The van der Waals surface area contributed by atoms with E-state index >= 15 is 0 Å². The molecule has 150 valence electrons.